The lowest BCUT2D eigenvalue weighted by atomic mass is 10.1. The smallest absolute Gasteiger partial charge is 0.350 e. The molecule has 0 saturated carbocycles. The molecule has 1 heterocycles. The molecule has 72 valence electrons. The predicted molar refractivity (Wildman–Crippen MR) is 44.4 cm³/mol. The summed E-state index contributed by atoms with van der Waals surface area (Å²) in [5.74, 6) is -1.82. The summed E-state index contributed by atoms with van der Waals surface area (Å²) in [6.45, 7) is 0. The van der Waals surface area contributed by atoms with E-state index in [9.17, 15) is 14.7 Å². The number of hydrogen-bond acceptors (Lipinski definition) is 5. The number of methoxy groups -OCH3 is 1. The monoisotopic (exact) mass is 194 g/mol. The molecule has 0 bridgehead atoms. The summed E-state index contributed by atoms with van der Waals surface area (Å²) < 4.78 is 9.10. The topological polar surface area (TPSA) is 72.8 Å². The molecule has 1 aromatic rings. The van der Waals surface area contributed by atoms with E-state index in [-0.39, 0.29) is 22.6 Å². The highest BCUT2D eigenvalue weighted by molar-refractivity contribution is 6.16. The molecule has 1 N–H and O–H groups in total. The maximum absolute atomic E-state index is 11.1. The summed E-state index contributed by atoms with van der Waals surface area (Å²) >= 11 is 0. The predicted octanol–water partition coefficient (Wildman–Crippen LogP) is 0.711. The first-order chi connectivity index (χ1) is 6.65. The van der Waals surface area contributed by atoms with Gasteiger partial charge in [0.15, 0.2) is 11.5 Å². The van der Waals surface area contributed by atoms with Gasteiger partial charge >= 0.3 is 11.9 Å². The number of carbonyl (C=O) groups is 2. The molecular formula is C9H6O5. The highest BCUT2D eigenvalue weighted by Crippen LogP contribution is 2.35. The van der Waals surface area contributed by atoms with Crippen molar-refractivity contribution >= 4 is 11.9 Å². The molecule has 0 saturated heterocycles. The highest BCUT2D eigenvalue weighted by atomic mass is 16.6. The fraction of sp³-hybridized carbons (Fsp3) is 0.111. The Balaban J connectivity index is 2.70. The zero-order chi connectivity index (χ0) is 10.3. The summed E-state index contributed by atoms with van der Waals surface area (Å²) in [5, 5.41) is 9.52. The molecule has 2 rings (SSSR count). The Hall–Kier alpha value is -2.04. The van der Waals surface area contributed by atoms with E-state index in [1.54, 1.807) is 0 Å². The van der Waals surface area contributed by atoms with Crippen LogP contribution in [0.2, 0.25) is 0 Å². The molecule has 14 heavy (non-hydrogen) atoms. The van der Waals surface area contributed by atoms with Gasteiger partial charge in [0.05, 0.1) is 12.7 Å². The van der Waals surface area contributed by atoms with Crippen molar-refractivity contribution in [3.63, 3.8) is 0 Å². The first-order valence-corrected chi connectivity index (χ1v) is 3.81. The number of esters is 2. The second kappa shape index (κ2) is 2.73. The van der Waals surface area contributed by atoms with Crippen molar-refractivity contribution in [3.8, 4) is 11.5 Å². The molecule has 5 nitrogen and oxygen atoms in total. The molecule has 0 spiro atoms. The van der Waals surface area contributed by atoms with Crippen molar-refractivity contribution in [2.24, 2.45) is 0 Å². The first kappa shape index (κ1) is 8.55. The Bertz CT molecular complexity index is 435. The van der Waals surface area contributed by atoms with Crippen LogP contribution in [0.3, 0.4) is 0 Å². The Morgan fingerprint density at radius 2 is 2.00 bits per heavy atom. The van der Waals surface area contributed by atoms with Gasteiger partial charge in [-0.25, -0.2) is 9.59 Å². The first-order valence-electron chi connectivity index (χ1n) is 3.81. The number of fused-ring (bicyclic) bond motifs is 1. The minimum Gasteiger partial charge on any atom is -0.504 e. The molecular weight excluding hydrogens is 188 g/mol. The number of aromatic hydroxyl groups is 1. The summed E-state index contributed by atoms with van der Waals surface area (Å²) in [5.41, 5.74) is -0.0670. The molecule has 0 amide bonds. The third-order valence-electron chi connectivity index (χ3n) is 1.97. The van der Waals surface area contributed by atoms with E-state index in [0.717, 1.165) is 0 Å². The van der Waals surface area contributed by atoms with E-state index >= 15 is 0 Å². The molecule has 5 heteroatoms. The number of rotatable bonds is 1. The quantitative estimate of drug-likeness (QED) is 0.526. The van der Waals surface area contributed by atoms with Crippen molar-refractivity contribution in [1.82, 2.24) is 0 Å². The van der Waals surface area contributed by atoms with Gasteiger partial charge in [0.25, 0.3) is 0 Å². The number of phenols is 1. The molecule has 0 fully saturated rings. The van der Waals surface area contributed by atoms with Crippen molar-refractivity contribution in [2.75, 3.05) is 7.11 Å². The number of ether oxygens (including phenoxy) is 2. The molecule has 1 aliphatic heterocycles. The van der Waals surface area contributed by atoms with Crippen LogP contribution in [0.5, 0.6) is 11.5 Å². The second-order valence-electron chi connectivity index (χ2n) is 2.72. The molecule has 0 unspecified atom stereocenters. The number of phenolic OH excluding ortho intramolecular Hbond substituents is 1. The van der Waals surface area contributed by atoms with Gasteiger partial charge in [0.2, 0.25) is 0 Å². The normalized spacial score (nSPS) is 13.8. The Labute approximate surface area is 78.9 Å². The van der Waals surface area contributed by atoms with E-state index in [1.165, 1.54) is 19.2 Å². The van der Waals surface area contributed by atoms with Gasteiger partial charge in [0, 0.05) is 0 Å². The molecule has 0 aliphatic carbocycles. The highest BCUT2D eigenvalue weighted by Gasteiger charge is 2.34. The maximum Gasteiger partial charge on any atom is 0.350 e. The van der Waals surface area contributed by atoms with Gasteiger partial charge in [-0.1, -0.05) is 0 Å². The lowest BCUT2D eigenvalue weighted by molar-refractivity contribution is 0.0443. The molecule has 0 radical (unpaired) electrons. The van der Waals surface area contributed by atoms with Gasteiger partial charge in [-0.2, -0.15) is 0 Å². The summed E-state index contributed by atoms with van der Waals surface area (Å²) in [6, 6.07) is 2.77. The van der Waals surface area contributed by atoms with Crippen LogP contribution in [0, 0.1) is 0 Å². The number of benzene rings is 1. The third-order valence-corrected chi connectivity index (χ3v) is 1.97. The van der Waals surface area contributed by atoms with Crippen LogP contribution >= 0.6 is 0 Å². The summed E-state index contributed by atoms with van der Waals surface area (Å²) in [6.07, 6.45) is 0. The average molecular weight is 194 g/mol. The lowest BCUT2D eigenvalue weighted by Crippen LogP contribution is -1.97. The van der Waals surface area contributed by atoms with Crippen molar-refractivity contribution < 1.29 is 24.2 Å². The fourth-order valence-electron chi connectivity index (χ4n) is 1.30. The van der Waals surface area contributed by atoms with Crippen LogP contribution in [0.25, 0.3) is 0 Å². The van der Waals surface area contributed by atoms with Crippen LogP contribution in [0.4, 0.5) is 0 Å². The molecule has 0 atom stereocenters. The minimum absolute atomic E-state index is 0.0632. The third kappa shape index (κ3) is 0.953. The fourth-order valence-corrected chi connectivity index (χ4v) is 1.30. The van der Waals surface area contributed by atoms with Crippen LogP contribution in [0.15, 0.2) is 12.1 Å². The Morgan fingerprint density at radius 3 is 2.64 bits per heavy atom. The van der Waals surface area contributed by atoms with E-state index in [0.29, 0.717) is 0 Å². The Kier molecular flexibility index (Phi) is 1.67. The number of carbonyl (C=O) groups excluding carboxylic acids is 2. The van der Waals surface area contributed by atoms with E-state index in [1.807, 2.05) is 0 Å². The van der Waals surface area contributed by atoms with Gasteiger partial charge in [-0.3, -0.25) is 0 Å². The zero-order valence-corrected chi connectivity index (χ0v) is 7.23. The van der Waals surface area contributed by atoms with Crippen molar-refractivity contribution in [1.29, 1.82) is 0 Å². The molecule has 1 aliphatic rings. The van der Waals surface area contributed by atoms with Crippen LogP contribution in [0.1, 0.15) is 20.7 Å². The standard InChI is InChI=1S/C9H6O5/c1-13-5-3-2-4-6(7(5)10)9(12)14-8(4)11/h2-3,10H,1H3. The van der Waals surface area contributed by atoms with Gasteiger partial charge in [-0.15, -0.1) is 0 Å². The van der Waals surface area contributed by atoms with Gasteiger partial charge < -0.3 is 14.6 Å². The minimum atomic E-state index is -0.846. The lowest BCUT2D eigenvalue weighted by Gasteiger charge is -2.03. The molecule has 1 aromatic carbocycles. The van der Waals surface area contributed by atoms with Crippen LogP contribution in [-0.4, -0.2) is 24.2 Å². The van der Waals surface area contributed by atoms with Crippen molar-refractivity contribution in [3.05, 3.63) is 23.3 Å². The summed E-state index contributed by atoms with van der Waals surface area (Å²) in [4.78, 5) is 22.1. The second-order valence-corrected chi connectivity index (χ2v) is 2.72. The van der Waals surface area contributed by atoms with Gasteiger partial charge in [0.1, 0.15) is 5.56 Å². The zero-order valence-electron chi connectivity index (χ0n) is 7.23. The average Bonchev–Trinajstić information content (AvgIpc) is 2.44. The van der Waals surface area contributed by atoms with Crippen LogP contribution in [-0.2, 0) is 4.74 Å². The Morgan fingerprint density at radius 1 is 1.29 bits per heavy atom. The van der Waals surface area contributed by atoms with Gasteiger partial charge in [-0.05, 0) is 12.1 Å². The molecule has 0 aromatic heterocycles. The van der Waals surface area contributed by atoms with E-state index < -0.39 is 11.9 Å². The number of cyclic esters (lactones) is 2. The summed E-state index contributed by atoms with van der Waals surface area (Å²) in [7, 11) is 1.35. The van der Waals surface area contributed by atoms with E-state index in [2.05, 4.69) is 4.74 Å². The van der Waals surface area contributed by atoms with Crippen molar-refractivity contribution in [2.45, 2.75) is 0 Å². The largest absolute Gasteiger partial charge is 0.504 e. The van der Waals surface area contributed by atoms with Crippen LogP contribution < -0.4 is 4.74 Å². The number of hydrogen-bond donors (Lipinski definition) is 1. The maximum atomic E-state index is 11.1. The SMILES string of the molecule is COc1ccc2c(c1O)C(=O)OC2=O. The van der Waals surface area contributed by atoms with E-state index in [4.69, 9.17) is 4.74 Å².